The first kappa shape index (κ1) is 16.9. The van der Waals surface area contributed by atoms with Crippen molar-refractivity contribution in [2.24, 2.45) is 5.92 Å². The lowest BCUT2D eigenvalue weighted by molar-refractivity contribution is 0.251. The first-order chi connectivity index (χ1) is 12.0. The number of rotatable bonds is 5. The first-order valence-electron chi connectivity index (χ1n) is 8.16. The third-order valence-corrected chi connectivity index (χ3v) is 4.35. The fourth-order valence-corrected chi connectivity index (χ4v) is 2.63. The highest BCUT2D eigenvalue weighted by atomic mass is 19.1. The van der Waals surface area contributed by atoms with E-state index < -0.39 is 6.03 Å². The van der Waals surface area contributed by atoms with Gasteiger partial charge in [0.05, 0.1) is 0 Å². The number of halogens is 1. The summed E-state index contributed by atoms with van der Waals surface area (Å²) < 4.78 is 12.8. The zero-order chi connectivity index (χ0) is 17.8. The van der Waals surface area contributed by atoms with Gasteiger partial charge in [-0.1, -0.05) is 18.6 Å². The van der Waals surface area contributed by atoms with Gasteiger partial charge in [-0.2, -0.15) is 0 Å². The van der Waals surface area contributed by atoms with Gasteiger partial charge in [-0.05, 0) is 30.5 Å². The molecule has 6 nitrogen and oxygen atoms in total. The normalized spacial score (nSPS) is 13.8. The lowest BCUT2D eigenvalue weighted by atomic mass is 9.79. The van der Waals surface area contributed by atoms with Crippen LogP contribution in [0.4, 0.5) is 20.7 Å². The Bertz CT molecular complexity index is 787. The second kappa shape index (κ2) is 7.29. The van der Waals surface area contributed by atoms with E-state index in [2.05, 4.69) is 15.6 Å². The van der Waals surface area contributed by atoms with Gasteiger partial charge in [-0.3, -0.25) is 5.32 Å². The Morgan fingerprint density at radius 3 is 2.64 bits per heavy atom. The summed E-state index contributed by atoms with van der Waals surface area (Å²) in [5.41, 5.74) is 8.37. The summed E-state index contributed by atoms with van der Waals surface area (Å²) in [4.78, 5) is 16.1. The summed E-state index contributed by atoms with van der Waals surface area (Å²) in [6.07, 6.45) is 4.72. The molecule has 0 unspecified atom stereocenters. The van der Waals surface area contributed by atoms with Gasteiger partial charge in [0.15, 0.2) is 0 Å². The van der Waals surface area contributed by atoms with Crippen LogP contribution in [0.3, 0.4) is 0 Å². The number of carbonyl (C=O) groups excluding carboxylic acids is 1. The van der Waals surface area contributed by atoms with Crippen molar-refractivity contribution < 1.29 is 9.18 Å². The molecule has 0 spiro atoms. The zero-order valence-electron chi connectivity index (χ0n) is 13.7. The fourth-order valence-electron chi connectivity index (χ4n) is 2.63. The largest absolute Gasteiger partial charge is 0.398 e. The van der Waals surface area contributed by atoms with Crippen LogP contribution < -0.4 is 16.4 Å². The van der Waals surface area contributed by atoms with Crippen LogP contribution in [0.1, 0.15) is 30.4 Å². The van der Waals surface area contributed by atoms with E-state index in [1.165, 1.54) is 18.3 Å². The summed E-state index contributed by atoms with van der Waals surface area (Å²) in [5.74, 6) is 0.265. The highest BCUT2D eigenvalue weighted by molar-refractivity contribution is 6.04. The molecule has 1 aromatic heterocycles. The minimum Gasteiger partial charge on any atom is -0.398 e. The average molecular weight is 341 g/mol. The average Bonchev–Trinajstić information content (AvgIpc) is 2.52. The molecule has 1 aromatic carbocycles. The lowest BCUT2D eigenvalue weighted by Gasteiger charge is -2.26. The number of nitrogen functional groups attached to an aromatic ring is 1. The number of anilines is 2. The molecule has 0 atom stereocenters. The molecule has 130 valence electrons. The maximum atomic E-state index is 12.8. The summed E-state index contributed by atoms with van der Waals surface area (Å²) >= 11 is 0. The van der Waals surface area contributed by atoms with Crippen molar-refractivity contribution in [2.45, 2.75) is 25.8 Å². The van der Waals surface area contributed by atoms with Crippen molar-refractivity contribution in [1.82, 2.24) is 10.3 Å². The second-order valence-electron chi connectivity index (χ2n) is 6.13. The molecule has 1 heterocycles. The molecule has 0 radical (unpaired) electrons. The molecule has 2 amide bonds. The second-order valence-corrected chi connectivity index (χ2v) is 6.13. The van der Waals surface area contributed by atoms with Crippen LogP contribution in [0.2, 0.25) is 0 Å². The molecule has 1 saturated carbocycles. The molecule has 3 rings (SSSR count). The zero-order valence-corrected chi connectivity index (χ0v) is 13.7. The van der Waals surface area contributed by atoms with Crippen LogP contribution in [-0.4, -0.2) is 16.7 Å². The molecule has 0 aliphatic heterocycles. The van der Waals surface area contributed by atoms with Gasteiger partial charge in [0.1, 0.15) is 11.6 Å². The van der Waals surface area contributed by atoms with Gasteiger partial charge < -0.3 is 16.5 Å². The Hall–Kier alpha value is -2.96. The van der Waals surface area contributed by atoms with Crippen molar-refractivity contribution >= 4 is 23.2 Å². The molecule has 25 heavy (non-hydrogen) atoms. The quantitative estimate of drug-likeness (QED) is 0.627. The van der Waals surface area contributed by atoms with E-state index in [4.69, 9.17) is 11.1 Å². The Kier molecular flexibility index (Phi) is 4.92. The van der Waals surface area contributed by atoms with E-state index in [1.54, 1.807) is 18.2 Å². The smallest absolute Gasteiger partial charge is 0.320 e. The van der Waals surface area contributed by atoms with Gasteiger partial charge >= 0.3 is 6.03 Å². The number of hydrogen-bond donors (Lipinski definition) is 4. The van der Waals surface area contributed by atoms with E-state index in [-0.39, 0.29) is 18.3 Å². The maximum Gasteiger partial charge on any atom is 0.320 e. The molecule has 0 bridgehead atoms. The topological polar surface area (TPSA) is 104 Å². The molecular formula is C18H20FN5O. The van der Waals surface area contributed by atoms with E-state index in [0.29, 0.717) is 22.8 Å². The number of hydrogen-bond acceptors (Lipinski definition) is 4. The standard InChI is InChI=1S/C18H20FN5O/c19-13-6-4-11(5-7-13)9-23-18(25)24-16-8-15(20)14(10-22-16)17(21)12-2-1-3-12/h4-8,10,12,21H,1-3,9H2,(H4,20,22,23,24,25). The number of amides is 2. The highest BCUT2D eigenvalue weighted by Crippen LogP contribution is 2.31. The Morgan fingerprint density at radius 1 is 1.32 bits per heavy atom. The van der Waals surface area contributed by atoms with Crippen LogP contribution in [0, 0.1) is 17.1 Å². The third kappa shape index (κ3) is 4.12. The Balaban J connectivity index is 1.56. The van der Waals surface area contributed by atoms with Gasteiger partial charge in [-0.25, -0.2) is 14.2 Å². The maximum absolute atomic E-state index is 12.8. The van der Waals surface area contributed by atoms with Crippen molar-refractivity contribution in [3.05, 3.63) is 53.5 Å². The van der Waals surface area contributed by atoms with E-state index in [9.17, 15) is 9.18 Å². The highest BCUT2D eigenvalue weighted by Gasteiger charge is 2.24. The number of benzene rings is 1. The SMILES string of the molecule is N=C(c1cnc(NC(=O)NCc2ccc(F)cc2)cc1N)C1CCC1. The molecule has 1 aliphatic carbocycles. The molecule has 5 N–H and O–H groups in total. The van der Waals surface area contributed by atoms with Gasteiger partial charge in [0, 0.05) is 41.7 Å². The summed E-state index contributed by atoms with van der Waals surface area (Å²) in [6, 6.07) is 7.01. The number of aromatic nitrogens is 1. The molecular weight excluding hydrogens is 321 g/mol. The number of carbonyl (C=O) groups is 1. The van der Waals surface area contributed by atoms with Crippen molar-refractivity contribution in [3.63, 3.8) is 0 Å². The van der Waals surface area contributed by atoms with Crippen LogP contribution in [0.15, 0.2) is 36.5 Å². The molecule has 2 aromatic rings. The molecule has 7 heteroatoms. The fraction of sp³-hybridized carbons (Fsp3) is 0.278. The molecule has 1 aliphatic rings. The first-order valence-corrected chi connectivity index (χ1v) is 8.16. The number of nitrogens with one attached hydrogen (secondary N) is 3. The van der Waals surface area contributed by atoms with Crippen molar-refractivity contribution in [1.29, 1.82) is 5.41 Å². The number of urea groups is 1. The summed E-state index contributed by atoms with van der Waals surface area (Å²) in [5, 5.41) is 13.4. The minimum absolute atomic E-state index is 0.266. The lowest BCUT2D eigenvalue weighted by Crippen LogP contribution is -2.29. The molecule has 0 saturated heterocycles. The molecule has 1 fully saturated rings. The Morgan fingerprint density at radius 2 is 2.04 bits per heavy atom. The van der Waals surface area contributed by atoms with Crippen LogP contribution in [0.25, 0.3) is 0 Å². The minimum atomic E-state index is -0.432. The van der Waals surface area contributed by atoms with Crippen molar-refractivity contribution in [2.75, 3.05) is 11.1 Å². The number of nitrogens with zero attached hydrogens (tertiary/aromatic N) is 1. The van der Waals surface area contributed by atoms with Crippen LogP contribution in [-0.2, 0) is 6.54 Å². The Labute approximate surface area is 145 Å². The van der Waals surface area contributed by atoms with E-state index in [1.807, 2.05) is 0 Å². The van der Waals surface area contributed by atoms with Gasteiger partial charge in [-0.15, -0.1) is 0 Å². The van der Waals surface area contributed by atoms with Crippen molar-refractivity contribution in [3.8, 4) is 0 Å². The van der Waals surface area contributed by atoms with Gasteiger partial charge in [0.25, 0.3) is 0 Å². The summed E-state index contributed by atoms with van der Waals surface area (Å²) in [7, 11) is 0. The number of nitrogens with two attached hydrogens (primary N) is 1. The van der Waals surface area contributed by atoms with E-state index in [0.717, 1.165) is 24.8 Å². The summed E-state index contributed by atoms with van der Waals surface area (Å²) in [6.45, 7) is 0.270. The third-order valence-electron chi connectivity index (χ3n) is 4.35. The van der Waals surface area contributed by atoms with Gasteiger partial charge in [0.2, 0.25) is 0 Å². The number of pyridine rings is 1. The van der Waals surface area contributed by atoms with E-state index >= 15 is 0 Å². The van der Waals surface area contributed by atoms with Crippen LogP contribution >= 0.6 is 0 Å². The van der Waals surface area contributed by atoms with Crippen LogP contribution in [0.5, 0.6) is 0 Å². The predicted molar refractivity (Wildman–Crippen MR) is 95.1 cm³/mol. The monoisotopic (exact) mass is 341 g/mol. The predicted octanol–water partition coefficient (Wildman–Crippen LogP) is 3.29.